The summed E-state index contributed by atoms with van der Waals surface area (Å²) in [6.45, 7) is 2.70. The quantitative estimate of drug-likeness (QED) is 0.664. The smallest absolute Gasteiger partial charge is 0.259 e. The van der Waals surface area contributed by atoms with Crippen molar-refractivity contribution in [3.63, 3.8) is 0 Å². The number of nitrogens with one attached hydrogen (secondary N) is 2. The third kappa shape index (κ3) is 5.03. The van der Waals surface area contributed by atoms with Crippen molar-refractivity contribution in [1.82, 2.24) is 4.72 Å². The minimum Gasteiger partial charge on any atom is -0.496 e. The van der Waals surface area contributed by atoms with Gasteiger partial charge in [0.2, 0.25) is 10.0 Å². The van der Waals surface area contributed by atoms with Gasteiger partial charge in [-0.2, -0.15) is 0 Å². The van der Waals surface area contributed by atoms with E-state index in [2.05, 4.69) is 10.0 Å². The normalized spacial score (nSPS) is 12.5. The molecule has 0 aromatic heterocycles. The lowest BCUT2D eigenvalue weighted by molar-refractivity contribution is 0.102. The number of hydrogen-bond acceptors (Lipinski definition) is 5. The van der Waals surface area contributed by atoms with Crippen molar-refractivity contribution in [3.8, 4) is 5.75 Å². The lowest BCUT2D eigenvalue weighted by Gasteiger charge is -2.14. The first-order valence-electron chi connectivity index (χ1n) is 8.06. The number of halogens is 1. The van der Waals surface area contributed by atoms with Crippen LogP contribution in [0.5, 0.6) is 5.75 Å². The number of rotatable bonds is 7. The van der Waals surface area contributed by atoms with Crippen molar-refractivity contribution in [1.29, 1.82) is 0 Å². The minimum atomic E-state index is -3.93. The van der Waals surface area contributed by atoms with Gasteiger partial charge in [-0.05, 0) is 55.8 Å². The predicted octanol–water partition coefficient (Wildman–Crippen LogP) is 2.05. The molecule has 0 saturated carbocycles. The Morgan fingerprint density at radius 2 is 1.96 bits per heavy atom. The first kappa shape index (κ1) is 20.8. The average molecular weight is 396 g/mol. The molecule has 0 bridgehead atoms. The Hall–Kier alpha value is -2.49. The summed E-state index contributed by atoms with van der Waals surface area (Å²) < 4.78 is 45.6. The average Bonchev–Trinajstić information content (AvgIpc) is 2.63. The van der Waals surface area contributed by atoms with Crippen molar-refractivity contribution < 1.29 is 27.4 Å². The van der Waals surface area contributed by atoms with Gasteiger partial charge in [0, 0.05) is 11.7 Å². The molecule has 0 heterocycles. The van der Waals surface area contributed by atoms with Crippen LogP contribution in [0.4, 0.5) is 10.1 Å². The lowest BCUT2D eigenvalue weighted by atomic mass is 10.1. The highest BCUT2D eigenvalue weighted by molar-refractivity contribution is 7.89. The van der Waals surface area contributed by atoms with E-state index >= 15 is 0 Å². The Balaban J connectivity index is 2.36. The maximum absolute atomic E-state index is 13.4. The molecule has 0 aliphatic carbocycles. The summed E-state index contributed by atoms with van der Waals surface area (Å²) in [5.41, 5.74) is 0.721. The third-order valence-electron chi connectivity index (χ3n) is 3.77. The molecule has 3 N–H and O–H groups in total. The summed E-state index contributed by atoms with van der Waals surface area (Å²) in [5, 5.41) is 11.6. The standard InChI is InChI=1S/C18H21FN2O5S/c1-11-8-13(4-6-16(11)19)20-18(23)15-9-14(5-7-17(15)26-3)27(24,25)21-12(2)10-22/h4-9,12,21-22H,10H2,1-3H3,(H,20,23)/t12-/m1/s1. The number of hydrogen-bond donors (Lipinski definition) is 3. The van der Waals surface area contributed by atoms with Crippen molar-refractivity contribution >= 4 is 21.6 Å². The molecule has 0 radical (unpaired) electrons. The number of aryl methyl sites for hydroxylation is 1. The second kappa shape index (κ2) is 8.47. The van der Waals surface area contributed by atoms with Gasteiger partial charge < -0.3 is 15.2 Å². The molecule has 9 heteroatoms. The molecular formula is C18H21FN2O5S. The van der Waals surface area contributed by atoms with Gasteiger partial charge in [-0.25, -0.2) is 17.5 Å². The van der Waals surface area contributed by atoms with E-state index in [1.54, 1.807) is 6.92 Å². The van der Waals surface area contributed by atoms with E-state index in [0.29, 0.717) is 11.3 Å². The third-order valence-corrected chi connectivity index (χ3v) is 5.36. The minimum absolute atomic E-state index is 0.000922. The molecule has 0 aliphatic heterocycles. The molecule has 7 nitrogen and oxygen atoms in total. The van der Waals surface area contributed by atoms with Gasteiger partial charge in [-0.15, -0.1) is 0 Å². The molecule has 1 atom stereocenters. The number of methoxy groups -OCH3 is 1. The Kier molecular flexibility index (Phi) is 6.53. The van der Waals surface area contributed by atoms with E-state index in [1.807, 2.05) is 0 Å². The highest BCUT2D eigenvalue weighted by Gasteiger charge is 2.21. The summed E-state index contributed by atoms with van der Waals surface area (Å²) >= 11 is 0. The van der Waals surface area contributed by atoms with Crippen LogP contribution in [0.2, 0.25) is 0 Å². The predicted molar refractivity (Wildman–Crippen MR) is 99.0 cm³/mol. The SMILES string of the molecule is COc1ccc(S(=O)(=O)N[C@H](C)CO)cc1C(=O)Nc1ccc(F)c(C)c1. The molecule has 1 amide bonds. The molecular weight excluding hydrogens is 375 g/mol. The van der Waals surface area contributed by atoms with Crippen molar-refractivity contribution in [3.05, 3.63) is 53.3 Å². The molecule has 146 valence electrons. The summed E-state index contributed by atoms with van der Waals surface area (Å²) in [5.74, 6) is -0.826. The number of carbonyl (C=O) groups excluding carboxylic acids is 1. The molecule has 0 saturated heterocycles. The van der Waals surface area contributed by atoms with Crippen LogP contribution in [-0.4, -0.2) is 39.2 Å². The van der Waals surface area contributed by atoms with Gasteiger partial charge in [0.15, 0.2) is 0 Å². The van der Waals surface area contributed by atoms with Crippen molar-refractivity contribution in [2.75, 3.05) is 19.0 Å². The van der Waals surface area contributed by atoms with Gasteiger partial charge in [-0.3, -0.25) is 4.79 Å². The van der Waals surface area contributed by atoms with E-state index < -0.39 is 27.8 Å². The van der Waals surface area contributed by atoms with Crippen LogP contribution >= 0.6 is 0 Å². The fourth-order valence-corrected chi connectivity index (χ4v) is 3.58. The number of benzene rings is 2. The van der Waals surface area contributed by atoms with Crippen LogP contribution in [0.15, 0.2) is 41.3 Å². The second-order valence-electron chi connectivity index (χ2n) is 5.99. The Bertz CT molecular complexity index is 947. The molecule has 0 aliphatic rings. The topological polar surface area (TPSA) is 105 Å². The summed E-state index contributed by atoms with van der Waals surface area (Å²) in [6.07, 6.45) is 0. The maximum Gasteiger partial charge on any atom is 0.259 e. The zero-order valence-corrected chi connectivity index (χ0v) is 15.9. The molecule has 0 fully saturated rings. The molecule has 0 spiro atoms. The number of anilines is 1. The van der Waals surface area contributed by atoms with Gasteiger partial charge in [0.25, 0.3) is 5.91 Å². The highest BCUT2D eigenvalue weighted by atomic mass is 32.2. The van der Waals surface area contributed by atoms with Crippen LogP contribution < -0.4 is 14.8 Å². The largest absolute Gasteiger partial charge is 0.496 e. The van der Waals surface area contributed by atoms with Crippen molar-refractivity contribution in [2.24, 2.45) is 0 Å². The van der Waals surface area contributed by atoms with Crippen LogP contribution in [-0.2, 0) is 10.0 Å². The first-order valence-corrected chi connectivity index (χ1v) is 9.55. The number of aliphatic hydroxyl groups is 1. The monoisotopic (exact) mass is 396 g/mol. The van der Waals surface area contributed by atoms with Gasteiger partial charge in [0.05, 0.1) is 24.2 Å². The van der Waals surface area contributed by atoms with Crippen LogP contribution in [0.1, 0.15) is 22.8 Å². The summed E-state index contributed by atoms with van der Waals surface area (Å²) in [4.78, 5) is 12.5. The first-order chi connectivity index (χ1) is 12.7. The Labute approximate surface area is 157 Å². The van der Waals surface area contributed by atoms with E-state index in [-0.39, 0.29) is 22.8 Å². The number of aliphatic hydroxyl groups excluding tert-OH is 1. The summed E-state index contributed by atoms with van der Waals surface area (Å²) in [7, 11) is -2.58. The zero-order chi connectivity index (χ0) is 20.2. The van der Waals surface area contributed by atoms with Gasteiger partial charge >= 0.3 is 0 Å². The van der Waals surface area contributed by atoms with Gasteiger partial charge in [-0.1, -0.05) is 0 Å². The molecule has 2 aromatic rings. The molecule has 0 unspecified atom stereocenters. The summed E-state index contributed by atoms with van der Waals surface area (Å²) in [6, 6.07) is 7.24. The molecule has 2 aromatic carbocycles. The van der Waals surface area contributed by atoms with Crippen molar-refractivity contribution in [2.45, 2.75) is 24.8 Å². The number of sulfonamides is 1. The maximum atomic E-state index is 13.4. The molecule has 27 heavy (non-hydrogen) atoms. The van der Waals surface area contributed by atoms with Crippen LogP contribution in [0.25, 0.3) is 0 Å². The Morgan fingerprint density at radius 1 is 1.26 bits per heavy atom. The van der Waals surface area contributed by atoms with E-state index in [1.165, 1.54) is 50.4 Å². The van der Waals surface area contributed by atoms with E-state index in [0.717, 1.165) is 0 Å². The van der Waals surface area contributed by atoms with E-state index in [4.69, 9.17) is 9.84 Å². The zero-order valence-electron chi connectivity index (χ0n) is 15.1. The number of carbonyl (C=O) groups is 1. The van der Waals surface area contributed by atoms with Gasteiger partial charge in [0.1, 0.15) is 11.6 Å². The van der Waals surface area contributed by atoms with Crippen LogP contribution in [0, 0.1) is 12.7 Å². The van der Waals surface area contributed by atoms with Crippen LogP contribution in [0.3, 0.4) is 0 Å². The van der Waals surface area contributed by atoms with E-state index in [9.17, 15) is 17.6 Å². The second-order valence-corrected chi connectivity index (χ2v) is 7.70. The Morgan fingerprint density at radius 3 is 2.56 bits per heavy atom. The lowest BCUT2D eigenvalue weighted by Crippen LogP contribution is -2.35. The highest BCUT2D eigenvalue weighted by Crippen LogP contribution is 2.24. The number of amides is 1. The fraction of sp³-hybridized carbons (Fsp3) is 0.278. The fourth-order valence-electron chi connectivity index (χ4n) is 2.32. The molecule has 2 rings (SSSR count). The number of ether oxygens (including phenoxy) is 1.